The van der Waals surface area contributed by atoms with Gasteiger partial charge in [0.2, 0.25) is 0 Å². The maximum absolute atomic E-state index is 12.5. The van der Waals surface area contributed by atoms with Crippen molar-refractivity contribution in [2.45, 2.75) is 0 Å². The third kappa shape index (κ3) is 1.95. The average Bonchev–Trinajstić information content (AvgIpc) is 2.51. The highest BCUT2D eigenvalue weighted by Gasteiger charge is 2.41. The molecule has 110 valence electrons. The fourth-order valence-electron chi connectivity index (χ4n) is 2.74. The predicted molar refractivity (Wildman–Crippen MR) is 73.6 cm³/mol. The molecule has 0 spiro atoms. The number of fused-ring (bicyclic) bond motifs is 2. The van der Waals surface area contributed by atoms with Crippen molar-refractivity contribution < 1.29 is 24.4 Å². The number of carboxylic acids is 1. The molecule has 2 aliphatic carbocycles. The lowest BCUT2D eigenvalue weighted by atomic mass is 9.71. The van der Waals surface area contributed by atoms with Gasteiger partial charge in [-0.25, -0.2) is 4.79 Å². The van der Waals surface area contributed by atoms with E-state index >= 15 is 0 Å². The van der Waals surface area contributed by atoms with Crippen molar-refractivity contribution in [3.63, 3.8) is 0 Å². The van der Waals surface area contributed by atoms with Crippen LogP contribution in [-0.2, 0) is 4.79 Å². The molecule has 0 fully saturated rings. The fourth-order valence-corrected chi connectivity index (χ4v) is 2.74. The number of nitro benzene ring substituents is 1. The lowest BCUT2D eigenvalue weighted by Gasteiger charge is -2.28. The number of nitro groups is 1. The zero-order chi connectivity index (χ0) is 16.0. The first-order valence-corrected chi connectivity index (χ1v) is 6.40. The van der Waals surface area contributed by atoms with Gasteiger partial charge in [-0.2, -0.15) is 0 Å². The number of nitrogens with zero attached hydrogens (tertiary/aromatic N) is 1. The number of hydrogen-bond donors (Lipinski definition) is 1. The number of aliphatic carboxylic acids is 1. The summed E-state index contributed by atoms with van der Waals surface area (Å²) in [5.74, 6) is -3.71. The number of carboxylic acid groups (broad SMARTS) is 1. The summed E-state index contributed by atoms with van der Waals surface area (Å²) in [7, 11) is 0. The number of carbonyl (C=O) groups excluding carboxylic acids is 2. The Labute approximate surface area is 123 Å². The van der Waals surface area contributed by atoms with Gasteiger partial charge in [-0.05, 0) is 6.07 Å². The number of allylic oxidation sites excluding steroid dienone is 2. The van der Waals surface area contributed by atoms with Crippen LogP contribution in [0, 0.1) is 22.0 Å². The first kappa shape index (κ1) is 13.9. The number of carbonyl (C=O) groups is 3. The highest BCUT2D eigenvalue weighted by molar-refractivity contribution is 6.18. The molecule has 0 bridgehead atoms. The van der Waals surface area contributed by atoms with Gasteiger partial charge in [0.1, 0.15) is 0 Å². The summed E-state index contributed by atoms with van der Waals surface area (Å²) in [6, 6.07) is 3.52. The van der Waals surface area contributed by atoms with Crippen LogP contribution in [0.15, 0.2) is 42.0 Å². The van der Waals surface area contributed by atoms with E-state index in [1.165, 1.54) is 30.4 Å². The molecule has 0 saturated carbocycles. The van der Waals surface area contributed by atoms with E-state index in [9.17, 15) is 24.5 Å². The molecule has 7 nitrogen and oxygen atoms in total. The number of rotatable bonds is 2. The van der Waals surface area contributed by atoms with Crippen LogP contribution in [0.2, 0.25) is 0 Å². The molecule has 0 amide bonds. The number of Topliss-reactive ketones (excluding diaryl/α,β-unsaturated/α-hetero) is 2. The van der Waals surface area contributed by atoms with Crippen molar-refractivity contribution in [2.75, 3.05) is 0 Å². The zero-order valence-electron chi connectivity index (χ0n) is 11.1. The van der Waals surface area contributed by atoms with Crippen LogP contribution in [0.25, 0.3) is 0 Å². The second kappa shape index (κ2) is 4.73. The highest BCUT2D eigenvalue weighted by atomic mass is 16.6. The van der Waals surface area contributed by atoms with E-state index in [1.54, 1.807) is 0 Å². The Bertz CT molecular complexity index is 804. The van der Waals surface area contributed by atoms with Gasteiger partial charge in [0.15, 0.2) is 11.6 Å². The smallest absolute Gasteiger partial charge is 0.335 e. The Kier molecular flexibility index (Phi) is 2.98. The summed E-state index contributed by atoms with van der Waals surface area (Å²) in [5, 5.41) is 19.8. The third-order valence-electron chi connectivity index (χ3n) is 3.83. The molecule has 0 aromatic heterocycles. The molecule has 22 heavy (non-hydrogen) atoms. The molecule has 0 saturated heterocycles. The number of non-ortho nitro benzene ring substituents is 1. The maximum Gasteiger partial charge on any atom is 0.335 e. The first-order chi connectivity index (χ1) is 10.4. The zero-order valence-corrected chi connectivity index (χ0v) is 11.1. The summed E-state index contributed by atoms with van der Waals surface area (Å²) in [4.78, 5) is 46.1. The first-order valence-electron chi connectivity index (χ1n) is 6.40. The van der Waals surface area contributed by atoms with Gasteiger partial charge in [0.05, 0.1) is 22.3 Å². The average molecular weight is 299 g/mol. The third-order valence-corrected chi connectivity index (χ3v) is 3.83. The quantitative estimate of drug-likeness (QED) is 0.657. The molecule has 0 unspecified atom stereocenters. The largest absolute Gasteiger partial charge is 0.478 e. The minimum Gasteiger partial charge on any atom is -0.478 e. The topological polar surface area (TPSA) is 115 Å². The number of hydrogen-bond acceptors (Lipinski definition) is 5. The van der Waals surface area contributed by atoms with Crippen molar-refractivity contribution in [3.8, 4) is 0 Å². The molecule has 0 radical (unpaired) electrons. The van der Waals surface area contributed by atoms with Crippen LogP contribution in [0.1, 0.15) is 20.7 Å². The molecule has 2 atom stereocenters. The van der Waals surface area contributed by atoms with Gasteiger partial charge in [0.25, 0.3) is 5.69 Å². The Hall–Kier alpha value is -3.09. The second-order valence-electron chi connectivity index (χ2n) is 5.05. The van der Waals surface area contributed by atoms with Crippen LogP contribution < -0.4 is 0 Å². The molecule has 1 aromatic carbocycles. The van der Waals surface area contributed by atoms with Gasteiger partial charge in [-0.1, -0.05) is 18.2 Å². The van der Waals surface area contributed by atoms with Crippen molar-refractivity contribution >= 4 is 23.2 Å². The fraction of sp³-hybridized carbons (Fsp3) is 0.133. The van der Waals surface area contributed by atoms with Crippen molar-refractivity contribution in [2.24, 2.45) is 11.8 Å². The number of ketones is 2. The van der Waals surface area contributed by atoms with E-state index in [2.05, 4.69) is 0 Å². The molecule has 0 heterocycles. The van der Waals surface area contributed by atoms with E-state index in [1.807, 2.05) is 0 Å². The minimum atomic E-state index is -1.19. The molecular formula is C15H9NO6. The Morgan fingerprint density at radius 3 is 2.45 bits per heavy atom. The Balaban J connectivity index is 2.14. The van der Waals surface area contributed by atoms with Crippen LogP contribution in [0.5, 0.6) is 0 Å². The van der Waals surface area contributed by atoms with Gasteiger partial charge in [-0.15, -0.1) is 0 Å². The Morgan fingerprint density at radius 2 is 1.82 bits per heavy atom. The van der Waals surface area contributed by atoms with Crippen LogP contribution in [-0.4, -0.2) is 27.6 Å². The molecule has 0 aliphatic heterocycles. The van der Waals surface area contributed by atoms with E-state index in [4.69, 9.17) is 5.11 Å². The van der Waals surface area contributed by atoms with Gasteiger partial charge >= 0.3 is 5.97 Å². The van der Waals surface area contributed by atoms with E-state index in [0.717, 1.165) is 6.07 Å². The van der Waals surface area contributed by atoms with Gasteiger partial charge < -0.3 is 5.11 Å². The standard InChI is InChI=1S/C15H9NO6/c17-13-9-3-1-7(15(19)20)5-11(9)14(18)12-6-8(16(21)22)2-4-10(12)13/h1-6,9,11H,(H,19,20)/t9-,11+/m1/s1. The van der Waals surface area contributed by atoms with Crippen molar-refractivity contribution in [3.05, 3.63) is 63.2 Å². The van der Waals surface area contributed by atoms with E-state index in [-0.39, 0.29) is 28.2 Å². The Morgan fingerprint density at radius 1 is 1.14 bits per heavy atom. The number of benzene rings is 1. The summed E-state index contributed by atoms with van der Waals surface area (Å²) < 4.78 is 0. The molecule has 7 heteroatoms. The summed E-state index contributed by atoms with van der Waals surface area (Å²) >= 11 is 0. The van der Waals surface area contributed by atoms with Crippen molar-refractivity contribution in [1.82, 2.24) is 0 Å². The van der Waals surface area contributed by atoms with E-state index < -0.39 is 28.5 Å². The summed E-state index contributed by atoms with van der Waals surface area (Å²) in [5.41, 5.74) is -0.256. The monoisotopic (exact) mass is 299 g/mol. The van der Waals surface area contributed by atoms with Crippen LogP contribution in [0.3, 0.4) is 0 Å². The van der Waals surface area contributed by atoms with Crippen molar-refractivity contribution in [1.29, 1.82) is 0 Å². The highest BCUT2D eigenvalue weighted by Crippen LogP contribution is 2.36. The maximum atomic E-state index is 12.5. The molecule has 1 aromatic rings. The van der Waals surface area contributed by atoms with Gasteiger partial charge in [-0.3, -0.25) is 19.7 Å². The normalized spacial score (nSPS) is 22.6. The lowest BCUT2D eigenvalue weighted by Crippen LogP contribution is -2.36. The van der Waals surface area contributed by atoms with Crippen LogP contribution >= 0.6 is 0 Å². The summed E-state index contributed by atoms with van der Waals surface area (Å²) in [6.07, 6.45) is 3.93. The predicted octanol–water partition coefficient (Wildman–Crippen LogP) is 1.79. The van der Waals surface area contributed by atoms with Gasteiger partial charge in [0, 0.05) is 23.3 Å². The molecule has 3 rings (SSSR count). The van der Waals surface area contributed by atoms with Crippen LogP contribution in [0.4, 0.5) is 5.69 Å². The molecule has 1 N–H and O–H groups in total. The summed E-state index contributed by atoms with van der Waals surface area (Å²) in [6.45, 7) is 0. The second-order valence-corrected chi connectivity index (χ2v) is 5.05. The van der Waals surface area contributed by atoms with E-state index in [0.29, 0.717) is 0 Å². The molecular weight excluding hydrogens is 290 g/mol. The lowest BCUT2D eigenvalue weighted by molar-refractivity contribution is -0.384. The molecule has 2 aliphatic rings. The minimum absolute atomic E-state index is 0.0308. The SMILES string of the molecule is O=C(O)C1=C[C@@H]2C(=O)c3cc([N+](=O)[O-])ccc3C(=O)[C@@H]2C=C1.